The average Bonchev–Trinajstić information content (AvgIpc) is 3.68. The molecule has 0 bridgehead atoms. The maximum Gasteiger partial charge on any atom is 0.0205 e. The first-order valence-electron chi connectivity index (χ1n) is 20.4. The van der Waals surface area contributed by atoms with E-state index in [4.69, 9.17) is 17.9 Å². The number of imidazole rings is 2. The predicted molar refractivity (Wildman–Crippen MR) is 204 cm³/mol. The molecule has 4 heterocycles. The number of fused-ring (bicyclic) bond motifs is 6. The second-order valence-corrected chi connectivity index (χ2v) is 16.6. The molecule has 1 atom stereocenters. The summed E-state index contributed by atoms with van der Waals surface area (Å²) in [6, 6.07) is 33.4. The second-order valence-electron chi connectivity index (χ2n) is 15.6. The Morgan fingerprint density at radius 3 is 2.39 bits per heavy atom. The van der Waals surface area contributed by atoms with E-state index in [1.165, 1.54) is 10.1 Å². The van der Waals surface area contributed by atoms with Crippen molar-refractivity contribution in [1.82, 2.24) is 18.5 Å². The van der Waals surface area contributed by atoms with Crippen molar-refractivity contribution < 1.29 is 32.3 Å². The minimum Gasteiger partial charge on any atom is -0.0619 e. The smallest absolute Gasteiger partial charge is 0.0205 e. The van der Waals surface area contributed by atoms with Crippen molar-refractivity contribution in [2.75, 3.05) is 0 Å². The Bertz CT molecular complexity index is 3110. The molecule has 0 saturated carbocycles. The molecule has 0 radical (unpaired) electrons. The third-order valence-corrected chi connectivity index (χ3v) is 13.1. The molecule has 5 nitrogen and oxygen atoms in total. The van der Waals surface area contributed by atoms with Gasteiger partial charge in [-0.1, -0.05) is 71.0 Å². The van der Waals surface area contributed by atoms with Gasteiger partial charge in [0.2, 0.25) is 0 Å². The van der Waals surface area contributed by atoms with Crippen LogP contribution in [0.15, 0.2) is 103 Å². The van der Waals surface area contributed by atoms with Crippen LogP contribution in [0.3, 0.4) is 0 Å². The van der Waals surface area contributed by atoms with Crippen LogP contribution in [0.5, 0.6) is 11.5 Å². The van der Waals surface area contributed by atoms with Gasteiger partial charge in [-0.25, -0.2) is 0 Å². The standard InChI is InChI=1S/C45H40N4O.Pt/c1-27-19-22-35-40-38(27)31-21-20-30(50-29-14-12-13-28(23-29)48-26-47(7)36-17-10-11-18-37(36)48)24-33(31)42-46-39-32-15-8-9-16-34(32)43(2,3)25-45(6,44(35,4)5)41(39)49(40)42;/h8-24H,25H2,1-7H3;/i1D3,7D3;. The molecule has 3 aromatic heterocycles. The molecule has 0 N–H and O–H groups in total. The van der Waals surface area contributed by atoms with E-state index >= 15 is 0 Å². The molecule has 10 rings (SSSR count). The fraction of sp³-hybridized carbons (Fsp3) is 0.244. The first-order chi connectivity index (χ1) is 26.8. The number of para-hydroxylation sites is 2. The molecule has 2 aliphatic rings. The van der Waals surface area contributed by atoms with Crippen LogP contribution in [0, 0.1) is 10.7 Å². The quantitative estimate of drug-likeness (QED) is 0.166. The summed E-state index contributed by atoms with van der Waals surface area (Å²) in [6.07, 6.45) is 0.867. The molecular weight excluding hydrogens is 808 g/mol. The Morgan fingerprint density at radius 1 is 0.784 bits per heavy atom. The van der Waals surface area contributed by atoms with Crippen molar-refractivity contribution >= 4 is 38.4 Å². The molecule has 8 aromatic rings. The third kappa shape index (κ3) is 3.96. The maximum atomic E-state index is 8.72. The Labute approximate surface area is 317 Å². The second kappa shape index (κ2) is 10.2. The summed E-state index contributed by atoms with van der Waals surface area (Å²) >= 11 is 2.07. The van der Waals surface area contributed by atoms with Crippen molar-refractivity contribution in [2.45, 2.75) is 64.1 Å². The van der Waals surface area contributed by atoms with Crippen molar-refractivity contribution in [3.05, 3.63) is 129 Å². The van der Waals surface area contributed by atoms with Gasteiger partial charge in [0.15, 0.2) is 0 Å². The number of rotatable bonds is 3. The van der Waals surface area contributed by atoms with Crippen LogP contribution >= 0.6 is 0 Å². The summed E-state index contributed by atoms with van der Waals surface area (Å²) in [5.74, 6) is 1.13. The number of ether oxygens (including phenoxy) is 1. The Balaban J connectivity index is 1.23. The largest absolute Gasteiger partial charge is 0.0619 e. The predicted octanol–water partition coefficient (Wildman–Crippen LogP) is 11.0. The molecule has 1 unspecified atom stereocenters. The number of hydrogen-bond acceptors (Lipinski definition) is 2. The number of aromatic nitrogens is 4. The number of benzene rings is 5. The summed E-state index contributed by atoms with van der Waals surface area (Å²) < 4.78 is 63.7. The van der Waals surface area contributed by atoms with Crippen LogP contribution in [-0.2, 0) is 42.6 Å². The summed E-state index contributed by atoms with van der Waals surface area (Å²) in [4.78, 5) is 5.56. The monoisotopic (exact) mass is 853 g/mol. The van der Waals surface area contributed by atoms with Gasteiger partial charge in [0.25, 0.3) is 0 Å². The molecule has 5 aromatic carbocycles. The molecule has 1 aliphatic carbocycles. The van der Waals surface area contributed by atoms with Gasteiger partial charge in [0.05, 0.1) is 0 Å². The third-order valence-electron chi connectivity index (χ3n) is 12.1. The van der Waals surface area contributed by atoms with Crippen LogP contribution in [0.2, 0.25) is 0 Å². The van der Waals surface area contributed by atoms with E-state index in [0.717, 1.165) is 62.1 Å². The van der Waals surface area contributed by atoms with E-state index < -0.39 is 13.8 Å². The van der Waals surface area contributed by atoms with E-state index in [2.05, 4.69) is 82.6 Å². The van der Waals surface area contributed by atoms with Crippen molar-refractivity contribution in [3.8, 4) is 28.4 Å². The van der Waals surface area contributed by atoms with Gasteiger partial charge in [-0.15, -0.1) is 0 Å². The zero-order valence-electron chi connectivity index (χ0n) is 35.0. The zero-order chi connectivity index (χ0) is 40.2. The fourth-order valence-electron chi connectivity index (χ4n) is 9.45. The fourth-order valence-corrected chi connectivity index (χ4v) is 10.3. The first kappa shape index (κ1) is 25.3. The van der Waals surface area contributed by atoms with Gasteiger partial charge >= 0.3 is 197 Å². The Hall–Kier alpha value is -4.73. The van der Waals surface area contributed by atoms with Gasteiger partial charge in [-0.05, 0) is 29.8 Å². The minimum atomic E-state index is -2.37. The molecular formula is C45H40N4OPt. The molecule has 0 fully saturated rings. The van der Waals surface area contributed by atoms with E-state index in [1.54, 1.807) is 0 Å². The van der Waals surface area contributed by atoms with Crippen LogP contribution < -0.4 is 4.74 Å². The summed E-state index contributed by atoms with van der Waals surface area (Å²) in [6.45, 7) is 6.92. The first-order valence-corrected chi connectivity index (χ1v) is 18.5. The van der Waals surface area contributed by atoms with Crippen LogP contribution in [-0.4, -0.2) is 18.5 Å². The summed E-state index contributed by atoms with van der Waals surface area (Å²) in [5.41, 5.74) is 8.73. The molecule has 1 aliphatic heterocycles. The van der Waals surface area contributed by atoms with Gasteiger partial charge in [0, 0.05) is 20.5 Å². The van der Waals surface area contributed by atoms with Gasteiger partial charge in [-0.3, -0.25) is 0 Å². The average molecular weight is 854 g/mol. The van der Waals surface area contributed by atoms with Crippen LogP contribution in [0.4, 0.5) is 0 Å². The summed E-state index contributed by atoms with van der Waals surface area (Å²) in [7, 11) is 0. The van der Waals surface area contributed by atoms with E-state index in [9.17, 15) is 0 Å². The van der Waals surface area contributed by atoms with Crippen LogP contribution in [0.1, 0.15) is 71.6 Å². The van der Waals surface area contributed by atoms with Gasteiger partial charge in [-0.2, -0.15) is 0 Å². The Kier molecular flexibility index (Phi) is 5.05. The maximum absolute atomic E-state index is 8.72. The molecule has 6 heteroatoms. The van der Waals surface area contributed by atoms with E-state index in [0.29, 0.717) is 31.8 Å². The number of aryl methyl sites for hydroxylation is 2. The number of hydrogen-bond donors (Lipinski definition) is 0. The zero-order valence-corrected chi connectivity index (χ0v) is 31.3. The summed E-state index contributed by atoms with van der Waals surface area (Å²) in [5, 5.41) is 2.32. The molecule has 0 spiro atoms. The molecule has 51 heavy (non-hydrogen) atoms. The van der Waals surface area contributed by atoms with E-state index in [1.807, 2.05) is 83.4 Å². The topological polar surface area (TPSA) is 36.4 Å². The van der Waals surface area contributed by atoms with Gasteiger partial charge in [0.1, 0.15) is 0 Å². The normalized spacial score (nSPS) is 20.8. The molecule has 0 amide bonds. The number of nitrogens with zero attached hydrogens (tertiary/aromatic N) is 4. The molecule has 0 saturated heterocycles. The van der Waals surface area contributed by atoms with Crippen molar-refractivity contribution in [1.29, 1.82) is 0 Å². The Morgan fingerprint density at radius 2 is 1.57 bits per heavy atom. The molecule has 256 valence electrons. The van der Waals surface area contributed by atoms with Gasteiger partial charge < -0.3 is 0 Å². The van der Waals surface area contributed by atoms with Crippen LogP contribution in [0.25, 0.3) is 55.3 Å². The SMILES string of the molecule is [2H]C([2H])([2H])c1ccc2c3c1c1ccc(Oc4cccc(-n5[c](=[Pt])n(C([2H])([2H])[2H])c6ccccc65)c4)cc1c1nc4c(n13)C(C)(CC(C)(C)c1ccccc1-4)C2(C)C. The van der Waals surface area contributed by atoms with Crippen molar-refractivity contribution in [3.63, 3.8) is 0 Å². The number of pyridine rings is 1. The van der Waals surface area contributed by atoms with E-state index in [-0.39, 0.29) is 16.2 Å². The minimum absolute atomic E-state index is 0.164. The van der Waals surface area contributed by atoms with Crippen molar-refractivity contribution in [2.24, 2.45) is 6.98 Å².